The van der Waals surface area contributed by atoms with Crippen molar-refractivity contribution in [2.75, 3.05) is 6.61 Å². The Kier molecular flexibility index (Phi) is 8.79. The van der Waals surface area contributed by atoms with Gasteiger partial charge < -0.3 is 14.2 Å². The predicted molar refractivity (Wildman–Crippen MR) is 151 cm³/mol. The van der Waals surface area contributed by atoms with Crippen LogP contribution in [0.5, 0.6) is 11.8 Å². The van der Waals surface area contributed by atoms with E-state index in [9.17, 15) is 0 Å². The summed E-state index contributed by atoms with van der Waals surface area (Å²) in [6.07, 6.45) is 0.856. The van der Waals surface area contributed by atoms with Crippen LogP contribution in [0, 0.1) is 0 Å². The summed E-state index contributed by atoms with van der Waals surface area (Å²) in [6, 6.07) is 42.9. The lowest BCUT2D eigenvalue weighted by atomic mass is 10.0. The molecule has 0 aliphatic heterocycles. The van der Waals surface area contributed by atoms with E-state index in [-0.39, 0.29) is 0 Å². The molecule has 1 aromatic heterocycles. The molecule has 4 nitrogen and oxygen atoms in total. The maximum absolute atomic E-state index is 6.21. The molecule has 1 heterocycles. The number of hydrogen-bond acceptors (Lipinski definition) is 4. The third-order valence-corrected chi connectivity index (χ3v) is 6.19. The van der Waals surface area contributed by atoms with Crippen LogP contribution in [0.1, 0.15) is 22.3 Å². The van der Waals surface area contributed by atoms with Crippen LogP contribution in [-0.4, -0.2) is 11.6 Å². The molecule has 4 heteroatoms. The average molecular weight is 502 g/mol. The SMILES string of the molecule is c1ccc(COCCc2ccc(-c3ccc(OCc4ccccc4)nc3OCc3ccccc3)cc2)cc1. The normalized spacial score (nSPS) is 10.7. The molecule has 190 valence electrons. The van der Waals surface area contributed by atoms with Gasteiger partial charge in [0.2, 0.25) is 11.8 Å². The van der Waals surface area contributed by atoms with E-state index in [1.54, 1.807) is 0 Å². The third kappa shape index (κ3) is 7.31. The zero-order valence-corrected chi connectivity index (χ0v) is 21.3. The van der Waals surface area contributed by atoms with E-state index in [2.05, 4.69) is 36.4 Å². The van der Waals surface area contributed by atoms with E-state index in [0.717, 1.165) is 28.7 Å². The summed E-state index contributed by atoms with van der Waals surface area (Å²) < 4.78 is 18.0. The molecule has 0 saturated heterocycles. The molecule has 0 unspecified atom stereocenters. The molecule has 0 fully saturated rings. The van der Waals surface area contributed by atoms with Crippen LogP contribution in [0.4, 0.5) is 0 Å². The van der Waals surface area contributed by atoms with Crippen LogP contribution in [0.3, 0.4) is 0 Å². The van der Waals surface area contributed by atoms with E-state index < -0.39 is 0 Å². The topological polar surface area (TPSA) is 40.6 Å². The predicted octanol–water partition coefficient (Wildman–Crippen LogP) is 7.67. The summed E-state index contributed by atoms with van der Waals surface area (Å²) in [5.74, 6) is 1.09. The van der Waals surface area contributed by atoms with Crippen molar-refractivity contribution in [2.24, 2.45) is 0 Å². The molecule has 0 amide bonds. The van der Waals surface area contributed by atoms with Crippen molar-refractivity contribution in [2.45, 2.75) is 26.2 Å². The van der Waals surface area contributed by atoms with Crippen molar-refractivity contribution in [3.05, 3.63) is 150 Å². The van der Waals surface area contributed by atoms with Crippen LogP contribution in [-0.2, 0) is 31.0 Å². The lowest BCUT2D eigenvalue weighted by Gasteiger charge is -2.14. The van der Waals surface area contributed by atoms with Crippen LogP contribution >= 0.6 is 0 Å². The van der Waals surface area contributed by atoms with Gasteiger partial charge in [0.05, 0.1) is 13.2 Å². The first-order valence-electron chi connectivity index (χ1n) is 12.9. The molecular formula is C34H31NO3. The van der Waals surface area contributed by atoms with Gasteiger partial charge in [-0.1, -0.05) is 115 Å². The number of nitrogens with zero attached hydrogens (tertiary/aromatic N) is 1. The third-order valence-electron chi connectivity index (χ3n) is 6.19. The fraction of sp³-hybridized carbons (Fsp3) is 0.147. The highest BCUT2D eigenvalue weighted by Crippen LogP contribution is 2.31. The first-order chi connectivity index (χ1) is 18.8. The first-order valence-corrected chi connectivity index (χ1v) is 12.9. The van der Waals surface area contributed by atoms with Crippen molar-refractivity contribution >= 4 is 0 Å². The van der Waals surface area contributed by atoms with E-state index >= 15 is 0 Å². The molecule has 0 N–H and O–H groups in total. The molecular weight excluding hydrogens is 470 g/mol. The smallest absolute Gasteiger partial charge is 0.225 e. The Labute approximate surface area is 224 Å². The maximum Gasteiger partial charge on any atom is 0.225 e. The highest BCUT2D eigenvalue weighted by atomic mass is 16.5. The second kappa shape index (κ2) is 13.2. The summed E-state index contributed by atoms with van der Waals surface area (Å²) >= 11 is 0. The number of ether oxygens (including phenoxy) is 3. The molecule has 0 spiro atoms. The molecule has 0 aliphatic rings. The van der Waals surface area contributed by atoms with Crippen LogP contribution in [0.25, 0.3) is 11.1 Å². The Bertz CT molecular complexity index is 1390. The van der Waals surface area contributed by atoms with E-state index in [0.29, 0.717) is 38.2 Å². The van der Waals surface area contributed by atoms with Crippen LogP contribution in [0.15, 0.2) is 127 Å². The van der Waals surface area contributed by atoms with Crippen molar-refractivity contribution in [3.63, 3.8) is 0 Å². The minimum Gasteiger partial charge on any atom is -0.473 e. The monoisotopic (exact) mass is 501 g/mol. The number of pyridine rings is 1. The second-order valence-corrected chi connectivity index (χ2v) is 9.04. The van der Waals surface area contributed by atoms with Gasteiger partial charge in [0.25, 0.3) is 0 Å². The van der Waals surface area contributed by atoms with Crippen molar-refractivity contribution in [3.8, 4) is 22.9 Å². The van der Waals surface area contributed by atoms with E-state index in [4.69, 9.17) is 19.2 Å². The summed E-state index contributed by atoms with van der Waals surface area (Å²) in [5.41, 5.74) is 6.57. The van der Waals surface area contributed by atoms with Gasteiger partial charge in [-0.25, -0.2) is 0 Å². The fourth-order valence-electron chi connectivity index (χ4n) is 4.10. The van der Waals surface area contributed by atoms with E-state index in [1.807, 2.05) is 91.0 Å². The average Bonchev–Trinajstić information content (AvgIpc) is 2.99. The minimum atomic E-state index is 0.430. The first kappa shape index (κ1) is 25.2. The fourth-order valence-corrected chi connectivity index (χ4v) is 4.10. The van der Waals surface area contributed by atoms with Gasteiger partial charge in [0, 0.05) is 11.6 Å². The summed E-state index contributed by atoms with van der Waals surface area (Å²) in [6.45, 7) is 2.19. The Balaban J connectivity index is 1.26. The van der Waals surface area contributed by atoms with Gasteiger partial charge >= 0.3 is 0 Å². The Hall–Kier alpha value is -4.41. The van der Waals surface area contributed by atoms with Crippen molar-refractivity contribution < 1.29 is 14.2 Å². The van der Waals surface area contributed by atoms with Gasteiger partial charge in [0.1, 0.15) is 13.2 Å². The Morgan fingerprint density at radius 2 is 1.03 bits per heavy atom. The van der Waals surface area contributed by atoms with Crippen molar-refractivity contribution in [1.82, 2.24) is 4.98 Å². The van der Waals surface area contributed by atoms with Gasteiger partial charge in [-0.15, -0.1) is 0 Å². The Morgan fingerprint density at radius 3 is 1.63 bits per heavy atom. The zero-order valence-electron chi connectivity index (χ0n) is 21.3. The number of hydrogen-bond donors (Lipinski definition) is 0. The Morgan fingerprint density at radius 1 is 0.474 bits per heavy atom. The van der Waals surface area contributed by atoms with Gasteiger partial charge in [0.15, 0.2) is 0 Å². The van der Waals surface area contributed by atoms with Gasteiger partial charge in [-0.05, 0) is 40.3 Å². The molecule has 38 heavy (non-hydrogen) atoms. The lowest BCUT2D eigenvalue weighted by molar-refractivity contribution is 0.124. The molecule has 0 radical (unpaired) electrons. The molecule has 0 bridgehead atoms. The molecule has 5 rings (SSSR count). The quantitative estimate of drug-likeness (QED) is 0.165. The highest BCUT2D eigenvalue weighted by molar-refractivity contribution is 5.69. The molecule has 0 atom stereocenters. The van der Waals surface area contributed by atoms with E-state index in [1.165, 1.54) is 11.1 Å². The van der Waals surface area contributed by atoms with Gasteiger partial charge in [-0.2, -0.15) is 4.98 Å². The van der Waals surface area contributed by atoms with Crippen LogP contribution < -0.4 is 9.47 Å². The number of benzene rings is 4. The standard InChI is InChI=1S/C34H31NO3/c1-4-10-28(11-5-1)24-36-23-22-27-16-18-31(19-17-27)32-20-21-33(37-25-29-12-6-2-7-13-29)35-34(32)38-26-30-14-8-3-9-15-30/h1-21H,22-26H2. The largest absolute Gasteiger partial charge is 0.473 e. The molecule has 4 aromatic carbocycles. The van der Waals surface area contributed by atoms with Crippen LogP contribution in [0.2, 0.25) is 0 Å². The van der Waals surface area contributed by atoms with Gasteiger partial charge in [-0.3, -0.25) is 0 Å². The summed E-state index contributed by atoms with van der Waals surface area (Å²) in [4.78, 5) is 4.73. The zero-order chi connectivity index (χ0) is 25.8. The second-order valence-electron chi connectivity index (χ2n) is 9.04. The highest BCUT2D eigenvalue weighted by Gasteiger charge is 2.12. The molecule has 5 aromatic rings. The number of aromatic nitrogens is 1. The molecule has 0 saturated carbocycles. The number of rotatable bonds is 12. The van der Waals surface area contributed by atoms with Crippen molar-refractivity contribution in [1.29, 1.82) is 0 Å². The summed E-state index contributed by atoms with van der Waals surface area (Å²) in [7, 11) is 0. The summed E-state index contributed by atoms with van der Waals surface area (Å²) in [5, 5.41) is 0. The molecule has 0 aliphatic carbocycles. The maximum atomic E-state index is 6.21. The lowest BCUT2D eigenvalue weighted by Crippen LogP contribution is -2.02. The minimum absolute atomic E-state index is 0.430.